The summed E-state index contributed by atoms with van der Waals surface area (Å²) in [6.07, 6.45) is 6.73. The van der Waals surface area contributed by atoms with Crippen molar-refractivity contribution in [2.24, 2.45) is 14.1 Å². The fraction of sp³-hybridized carbons (Fsp3) is 0.389. The Kier molecular flexibility index (Phi) is 3.86. The molecule has 1 N–H and O–H groups in total. The lowest BCUT2D eigenvalue weighted by molar-refractivity contribution is 0.0695. The summed E-state index contributed by atoms with van der Waals surface area (Å²) in [5.74, 6) is 1.00. The third kappa shape index (κ3) is 2.56. The summed E-state index contributed by atoms with van der Waals surface area (Å²) in [5, 5.41) is 3.17. The highest BCUT2D eigenvalue weighted by molar-refractivity contribution is 5.78. The molecule has 5 rings (SSSR count). The van der Waals surface area contributed by atoms with Crippen molar-refractivity contribution in [2.75, 3.05) is 18.5 Å². The molecule has 0 bridgehead atoms. The summed E-state index contributed by atoms with van der Waals surface area (Å²) in [7, 11) is 3.65. The summed E-state index contributed by atoms with van der Waals surface area (Å²) in [5.41, 5.74) is 2.99. The van der Waals surface area contributed by atoms with Crippen LogP contribution in [0.1, 0.15) is 18.9 Å². The molecule has 1 saturated heterocycles. The molecule has 0 radical (unpaired) electrons. The van der Waals surface area contributed by atoms with Gasteiger partial charge in [-0.1, -0.05) is 0 Å². The lowest BCUT2D eigenvalue weighted by Crippen LogP contribution is -2.30. The van der Waals surface area contributed by atoms with E-state index in [-0.39, 0.29) is 11.7 Å². The van der Waals surface area contributed by atoms with Crippen molar-refractivity contribution in [1.29, 1.82) is 0 Å². The van der Waals surface area contributed by atoms with Crippen molar-refractivity contribution in [1.82, 2.24) is 33.6 Å². The van der Waals surface area contributed by atoms with E-state index in [1.807, 2.05) is 17.7 Å². The minimum absolute atomic E-state index is 0.0783. The van der Waals surface area contributed by atoms with Crippen molar-refractivity contribution >= 4 is 34.1 Å². The fourth-order valence-corrected chi connectivity index (χ4v) is 3.72. The van der Waals surface area contributed by atoms with E-state index in [0.717, 1.165) is 23.9 Å². The van der Waals surface area contributed by atoms with Crippen LogP contribution in [-0.4, -0.2) is 46.9 Å². The number of anilines is 2. The van der Waals surface area contributed by atoms with E-state index in [4.69, 9.17) is 4.74 Å². The number of pyridine rings is 1. The Morgan fingerprint density at radius 3 is 2.71 bits per heavy atom. The minimum Gasteiger partial charge on any atom is -0.381 e. The highest BCUT2D eigenvalue weighted by Gasteiger charge is 2.23. The van der Waals surface area contributed by atoms with Crippen molar-refractivity contribution in [3.8, 4) is 0 Å². The van der Waals surface area contributed by atoms with Crippen LogP contribution < -0.4 is 11.0 Å². The number of ether oxygens (including phenoxy) is 1. The number of nitrogens with one attached hydrogen (secondary N) is 1. The fourth-order valence-electron chi connectivity index (χ4n) is 3.72. The highest BCUT2D eigenvalue weighted by atomic mass is 16.5. The zero-order valence-corrected chi connectivity index (χ0v) is 15.7. The maximum Gasteiger partial charge on any atom is 0.330 e. The average Bonchev–Trinajstić information content (AvgIpc) is 3.17. The van der Waals surface area contributed by atoms with Crippen LogP contribution in [0.15, 0.2) is 29.5 Å². The van der Waals surface area contributed by atoms with Gasteiger partial charge in [0.1, 0.15) is 5.52 Å². The molecule has 28 heavy (non-hydrogen) atoms. The van der Waals surface area contributed by atoms with E-state index in [0.29, 0.717) is 36.3 Å². The second-order valence-corrected chi connectivity index (χ2v) is 6.94. The molecular weight excluding hydrogens is 360 g/mol. The van der Waals surface area contributed by atoms with Crippen LogP contribution in [-0.2, 0) is 18.8 Å². The first-order chi connectivity index (χ1) is 13.6. The summed E-state index contributed by atoms with van der Waals surface area (Å²) < 4.78 is 10.7. The normalized spacial score (nSPS) is 15.5. The van der Waals surface area contributed by atoms with Crippen LogP contribution in [0.2, 0.25) is 0 Å². The predicted octanol–water partition coefficient (Wildman–Crippen LogP) is 1.51. The van der Waals surface area contributed by atoms with Gasteiger partial charge in [-0.05, 0) is 18.9 Å². The largest absolute Gasteiger partial charge is 0.381 e. The summed E-state index contributed by atoms with van der Waals surface area (Å²) in [4.78, 5) is 30.5. The van der Waals surface area contributed by atoms with Gasteiger partial charge in [0, 0.05) is 39.5 Å². The van der Waals surface area contributed by atoms with Gasteiger partial charge < -0.3 is 9.30 Å². The lowest BCUT2D eigenvalue weighted by Gasteiger charge is -2.22. The van der Waals surface area contributed by atoms with Gasteiger partial charge in [0.2, 0.25) is 11.9 Å². The Balaban J connectivity index is 1.59. The quantitative estimate of drug-likeness (QED) is 0.574. The number of hydrogen-bond donors (Lipinski definition) is 1. The molecule has 0 unspecified atom stereocenters. The molecule has 0 spiro atoms. The van der Waals surface area contributed by atoms with E-state index in [2.05, 4.69) is 25.3 Å². The van der Waals surface area contributed by atoms with Gasteiger partial charge >= 0.3 is 5.69 Å². The van der Waals surface area contributed by atoms with Gasteiger partial charge in [-0.3, -0.25) is 19.4 Å². The van der Waals surface area contributed by atoms with E-state index < -0.39 is 0 Å². The Morgan fingerprint density at radius 1 is 1.11 bits per heavy atom. The van der Waals surface area contributed by atoms with E-state index in [9.17, 15) is 4.79 Å². The Bertz CT molecular complexity index is 1230. The first kappa shape index (κ1) is 16.9. The Labute approximate surface area is 159 Å². The van der Waals surface area contributed by atoms with E-state index >= 15 is 0 Å². The van der Waals surface area contributed by atoms with Crippen LogP contribution in [0.5, 0.6) is 0 Å². The zero-order chi connectivity index (χ0) is 19.3. The monoisotopic (exact) mass is 380 g/mol. The molecule has 0 saturated carbocycles. The second-order valence-electron chi connectivity index (χ2n) is 6.94. The molecule has 5 heterocycles. The standard InChI is InChI=1S/C18H20N8O2/c1-24-13-9-19-6-3-12(13)21-17(24)23-16-20-10-14-15(22-16)26(18(27)25(14)2)11-4-7-28-8-5-11/h3,6,9-11H,4-5,7-8H2,1-2H3,(H,20,21,22,23). The van der Waals surface area contributed by atoms with Crippen molar-refractivity contribution in [2.45, 2.75) is 18.9 Å². The molecule has 0 atom stereocenters. The SMILES string of the molecule is Cn1c(Nc2ncc3c(n2)n(C2CCOCC2)c(=O)n3C)nc2ccncc21. The van der Waals surface area contributed by atoms with Crippen LogP contribution in [0.4, 0.5) is 11.9 Å². The molecular formula is C18H20N8O2. The molecule has 10 nitrogen and oxygen atoms in total. The predicted molar refractivity (Wildman–Crippen MR) is 104 cm³/mol. The summed E-state index contributed by atoms with van der Waals surface area (Å²) in [6, 6.07) is 1.93. The molecule has 10 heteroatoms. The maximum atomic E-state index is 12.8. The average molecular weight is 380 g/mol. The number of hydrogen-bond acceptors (Lipinski definition) is 7. The molecule has 0 aromatic carbocycles. The van der Waals surface area contributed by atoms with E-state index in [1.165, 1.54) is 0 Å². The number of aryl methyl sites for hydroxylation is 2. The third-order valence-electron chi connectivity index (χ3n) is 5.30. The smallest absolute Gasteiger partial charge is 0.330 e. The van der Waals surface area contributed by atoms with E-state index in [1.54, 1.807) is 34.8 Å². The molecule has 4 aromatic heterocycles. The van der Waals surface area contributed by atoms with Crippen molar-refractivity contribution in [3.05, 3.63) is 35.1 Å². The number of nitrogens with zero attached hydrogens (tertiary/aromatic N) is 7. The van der Waals surface area contributed by atoms with Gasteiger partial charge in [0.25, 0.3) is 0 Å². The first-order valence-corrected chi connectivity index (χ1v) is 9.18. The summed E-state index contributed by atoms with van der Waals surface area (Å²) in [6.45, 7) is 1.30. The molecule has 1 fully saturated rings. The van der Waals surface area contributed by atoms with Gasteiger partial charge in [0.15, 0.2) is 5.65 Å². The topological polar surface area (TPSA) is 105 Å². The molecule has 0 aliphatic carbocycles. The van der Waals surface area contributed by atoms with Crippen molar-refractivity contribution < 1.29 is 4.74 Å². The van der Waals surface area contributed by atoms with Crippen molar-refractivity contribution in [3.63, 3.8) is 0 Å². The number of imidazole rings is 2. The molecule has 1 aliphatic heterocycles. The number of fused-ring (bicyclic) bond motifs is 2. The van der Waals surface area contributed by atoms with Gasteiger partial charge in [0.05, 0.1) is 23.4 Å². The van der Waals surface area contributed by atoms with Gasteiger partial charge in [-0.2, -0.15) is 4.98 Å². The third-order valence-corrected chi connectivity index (χ3v) is 5.30. The van der Waals surface area contributed by atoms with Crippen LogP contribution >= 0.6 is 0 Å². The zero-order valence-electron chi connectivity index (χ0n) is 15.7. The maximum absolute atomic E-state index is 12.8. The highest BCUT2D eigenvalue weighted by Crippen LogP contribution is 2.25. The van der Waals surface area contributed by atoms with Crippen LogP contribution in [0, 0.1) is 0 Å². The summed E-state index contributed by atoms with van der Waals surface area (Å²) >= 11 is 0. The Morgan fingerprint density at radius 2 is 1.93 bits per heavy atom. The molecule has 0 amide bonds. The second kappa shape index (κ2) is 6.41. The van der Waals surface area contributed by atoms with Crippen LogP contribution in [0.25, 0.3) is 22.2 Å². The molecule has 4 aromatic rings. The molecule has 1 aliphatic rings. The first-order valence-electron chi connectivity index (χ1n) is 9.18. The number of rotatable bonds is 3. The molecule has 144 valence electrons. The number of aromatic nitrogens is 7. The van der Waals surface area contributed by atoms with Gasteiger partial charge in [-0.25, -0.2) is 14.8 Å². The van der Waals surface area contributed by atoms with Crippen LogP contribution in [0.3, 0.4) is 0 Å². The lowest BCUT2D eigenvalue weighted by atomic mass is 10.1. The Hall–Kier alpha value is -3.27. The minimum atomic E-state index is -0.0813. The van der Waals surface area contributed by atoms with Gasteiger partial charge in [-0.15, -0.1) is 0 Å².